The lowest BCUT2D eigenvalue weighted by Crippen LogP contribution is -2.09. The van der Waals surface area contributed by atoms with Gasteiger partial charge < -0.3 is 9.84 Å². The second-order valence-electron chi connectivity index (χ2n) is 7.07. The van der Waals surface area contributed by atoms with Crippen molar-refractivity contribution in [2.75, 3.05) is 6.61 Å². The average molecular weight is 429 g/mol. The van der Waals surface area contributed by atoms with Crippen molar-refractivity contribution in [3.05, 3.63) is 60.0 Å². The number of benzene rings is 1. The number of aromatic nitrogens is 3. The monoisotopic (exact) mass is 428 g/mol. The van der Waals surface area contributed by atoms with Gasteiger partial charge in [0.25, 0.3) is 0 Å². The van der Waals surface area contributed by atoms with Gasteiger partial charge in [0.2, 0.25) is 5.88 Å². The maximum atomic E-state index is 11.4. The van der Waals surface area contributed by atoms with Crippen LogP contribution in [0, 0.1) is 0 Å². The number of carboxylic acids is 1. The summed E-state index contributed by atoms with van der Waals surface area (Å²) in [4.78, 5) is 16.1. The number of ether oxygens (including phenoxy) is 1. The SMILES string of the molecule is CC(C)c1cccc(-c2ccnc(OCCn3cc(S(N)=O)cn3)c2)c1CC(=O)O. The van der Waals surface area contributed by atoms with Gasteiger partial charge in [-0.15, -0.1) is 0 Å². The molecule has 3 aromatic rings. The molecule has 0 saturated carbocycles. The minimum atomic E-state index is -1.56. The van der Waals surface area contributed by atoms with E-state index in [4.69, 9.17) is 9.88 Å². The van der Waals surface area contributed by atoms with E-state index in [-0.39, 0.29) is 12.3 Å². The topological polar surface area (TPSA) is 120 Å². The molecule has 0 aliphatic carbocycles. The Morgan fingerprint density at radius 1 is 1.33 bits per heavy atom. The van der Waals surface area contributed by atoms with Crippen LogP contribution in [0.3, 0.4) is 0 Å². The molecule has 1 atom stereocenters. The number of pyridine rings is 1. The Hall–Kier alpha value is -3.04. The third kappa shape index (κ3) is 5.31. The molecule has 2 heterocycles. The lowest BCUT2D eigenvalue weighted by atomic mass is 9.89. The largest absolute Gasteiger partial charge is 0.481 e. The summed E-state index contributed by atoms with van der Waals surface area (Å²) in [5.41, 5.74) is 3.52. The summed E-state index contributed by atoms with van der Waals surface area (Å²) in [6, 6.07) is 9.47. The molecular formula is C21H24N4O4S. The molecule has 0 spiro atoms. The molecule has 0 radical (unpaired) electrons. The van der Waals surface area contributed by atoms with E-state index >= 15 is 0 Å². The van der Waals surface area contributed by atoms with Crippen LogP contribution in [0.4, 0.5) is 0 Å². The van der Waals surface area contributed by atoms with E-state index in [1.54, 1.807) is 23.1 Å². The lowest BCUT2D eigenvalue weighted by Gasteiger charge is -2.17. The Morgan fingerprint density at radius 3 is 2.80 bits per heavy atom. The molecule has 158 valence electrons. The van der Waals surface area contributed by atoms with Gasteiger partial charge in [-0.05, 0) is 34.2 Å². The first-order valence-electron chi connectivity index (χ1n) is 9.46. The zero-order chi connectivity index (χ0) is 21.7. The smallest absolute Gasteiger partial charge is 0.307 e. The van der Waals surface area contributed by atoms with Gasteiger partial charge in [-0.2, -0.15) is 5.10 Å². The van der Waals surface area contributed by atoms with Gasteiger partial charge in [0.05, 0.1) is 24.1 Å². The lowest BCUT2D eigenvalue weighted by molar-refractivity contribution is -0.136. The predicted molar refractivity (Wildman–Crippen MR) is 113 cm³/mol. The van der Waals surface area contributed by atoms with Crippen molar-refractivity contribution < 1.29 is 18.8 Å². The number of nitrogens with two attached hydrogens (primary N) is 1. The van der Waals surface area contributed by atoms with E-state index in [9.17, 15) is 14.1 Å². The Morgan fingerprint density at radius 2 is 2.13 bits per heavy atom. The number of hydrogen-bond acceptors (Lipinski definition) is 5. The zero-order valence-electron chi connectivity index (χ0n) is 16.8. The fourth-order valence-corrected chi connectivity index (χ4v) is 3.61. The molecule has 0 aliphatic rings. The second kappa shape index (κ2) is 9.64. The van der Waals surface area contributed by atoms with Crippen LogP contribution >= 0.6 is 0 Å². The average Bonchev–Trinajstić information content (AvgIpc) is 3.17. The van der Waals surface area contributed by atoms with E-state index < -0.39 is 17.0 Å². The van der Waals surface area contributed by atoms with E-state index in [1.807, 2.05) is 38.1 Å². The Kier molecular flexibility index (Phi) is 6.96. The van der Waals surface area contributed by atoms with Gasteiger partial charge in [-0.1, -0.05) is 32.0 Å². The van der Waals surface area contributed by atoms with E-state index in [2.05, 4.69) is 10.1 Å². The number of aliphatic carboxylic acids is 1. The minimum absolute atomic E-state index is 0.0493. The first-order valence-corrected chi connectivity index (χ1v) is 10.7. The number of nitrogens with zero attached hydrogens (tertiary/aromatic N) is 3. The van der Waals surface area contributed by atoms with Crippen molar-refractivity contribution in [1.82, 2.24) is 14.8 Å². The summed E-state index contributed by atoms with van der Waals surface area (Å²) in [6.45, 7) is 4.85. The van der Waals surface area contributed by atoms with Gasteiger partial charge in [0.1, 0.15) is 17.6 Å². The molecule has 0 saturated heterocycles. The first kappa shape index (κ1) is 21.7. The third-order valence-electron chi connectivity index (χ3n) is 4.62. The van der Waals surface area contributed by atoms with Crippen LogP contribution in [0.25, 0.3) is 11.1 Å². The van der Waals surface area contributed by atoms with Crippen LogP contribution < -0.4 is 9.88 Å². The van der Waals surface area contributed by atoms with Crippen LogP contribution in [-0.2, 0) is 28.7 Å². The van der Waals surface area contributed by atoms with Crippen molar-refractivity contribution in [2.45, 2.75) is 37.6 Å². The summed E-state index contributed by atoms with van der Waals surface area (Å²) >= 11 is 0. The quantitative estimate of drug-likeness (QED) is 0.541. The Balaban J connectivity index is 1.78. The number of carboxylic acid groups (broad SMARTS) is 1. The molecule has 3 N–H and O–H groups in total. The molecule has 3 rings (SSSR count). The van der Waals surface area contributed by atoms with Gasteiger partial charge in [0.15, 0.2) is 0 Å². The highest BCUT2D eigenvalue weighted by molar-refractivity contribution is 7.82. The van der Waals surface area contributed by atoms with Gasteiger partial charge >= 0.3 is 5.97 Å². The minimum Gasteiger partial charge on any atom is -0.481 e. The van der Waals surface area contributed by atoms with Crippen molar-refractivity contribution in [3.63, 3.8) is 0 Å². The summed E-state index contributed by atoms with van der Waals surface area (Å²) in [6.07, 6.45) is 4.66. The van der Waals surface area contributed by atoms with Crippen molar-refractivity contribution >= 4 is 17.0 Å². The summed E-state index contributed by atoms with van der Waals surface area (Å²) in [5, 5.41) is 18.8. The van der Waals surface area contributed by atoms with Gasteiger partial charge in [-0.25, -0.2) is 14.3 Å². The molecule has 1 unspecified atom stereocenters. The molecule has 8 nitrogen and oxygen atoms in total. The van der Waals surface area contributed by atoms with E-state index in [1.165, 1.54) is 6.20 Å². The fourth-order valence-electron chi connectivity index (χ4n) is 3.23. The standard InChI is InChI=1S/C21H24N4O4S/c1-14(2)17-4-3-5-18(19(17)11-21(26)27)15-6-7-23-20(10-15)29-9-8-25-13-16(12-24-25)30(22)28/h3-7,10,12-14H,8-9,11,22H2,1-2H3,(H,26,27). The zero-order valence-corrected chi connectivity index (χ0v) is 17.6. The summed E-state index contributed by atoms with van der Waals surface area (Å²) in [7, 11) is -1.56. The molecule has 30 heavy (non-hydrogen) atoms. The van der Waals surface area contributed by atoms with Crippen LogP contribution in [0.1, 0.15) is 30.9 Å². The first-order chi connectivity index (χ1) is 14.3. The maximum Gasteiger partial charge on any atom is 0.307 e. The Bertz CT molecular complexity index is 1060. The molecular weight excluding hydrogens is 404 g/mol. The van der Waals surface area contributed by atoms with Gasteiger partial charge in [0, 0.05) is 18.5 Å². The van der Waals surface area contributed by atoms with Crippen molar-refractivity contribution in [3.8, 4) is 17.0 Å². The molecule has 0 fully saturated rings. The molecule has 0 bridgehead atoms. The van der Waals surface area contributed by atoms with E-state index in [0.717, 1.165) is 22.3 Å². The number of hydrogen-bond donors (Lipinski definition) is 2. The number of rotatable bonds is 9. The molecule has 0 amide bonds. The van der Waals surface area contributed by atoms with E-state index in [0.29, 0.717) is 23.9 Å². The highest BCUT2D eigenvalue weighted by atomic mass is 32.2. The third-order valence-corrected chi connectivity index (χ3v) is 5.30. The van der Waals surface area contributed by atoms with Crippen LogP contribution in [-0.4, -0.2) is 36.7 Å². The Labute approximate surface area is 177 Å². The molecule has 2 aromatic heterocycles. The fraction of sp³-hybridized carbons (Fsp3) is 0.286. The van der Waals surface area contributed by atoms with Crippen molar-refractivity contribution in [1.29, 1.82) is 0 Å². The second-order valence-corrected chi connectivity index (χ2v) is 8.13. The van der Waals surface area contributed by atoms with Crippen LogP contribution in [0.2, 0.25) is 0 Å². The molecule has 0 aliphatic heterocycles. The normalized spacial score (nSPS) is 12.1. The summed E-state index contributed by atoms with van der Waals surface area (Å²) < 4.78 is 18.6. The molecule has 9 heteroatoms. The predicted octanol–water partition coefficient (Wildman–Crippen LogP) is 2.76. The van der Waals surface area contributed by atoms with Crippen LogP contribution in [0.15, 0.2) is 53.8 Å². The van der Waals surface area contributed by atoms with Crippen LogP contribution in [0.5, 0.6) is 5.88 Å². The number of carbonyl (C=O) groups is 1. The maximum absolute atomic E-state index is 11.4. The highest BCUT2D eigenvalue weighted by Gasteiger charge is 2.16. The summed E-state index contributed by atoms with van der Waals surface area (Å²) in [5.74, 6) is -0.232. The van der Waals surface area contributed by atoms with Crippen molar-refractivity contribution in [2.24, 2.45) is 5.14 Å². The van der Waals surface area contributed by atoms with Gasteiger partial charge in [-0.3, -0.25) is 9.48 Å². The highest BCUT2D eigenvalue weighted by Crippen LogP contribution is 2.31. The molecule has 1 aromatic carbocycles.